The molecule has 1 heterocycles. The molecule has 0 saturated carbocycles. The van der Waals surface area contributed by atoms with Crippen LogP contribution >= 0.6 is 11.6 Å². The smallest absolute Gasteiger partial charge is 0.341 e. The van der Waals surface area contributed by atoms with Gasteiger partial charge in [-0.3, -0.25) is 9.59 Å². The fraction of sp³-hybridized carbons (Fsp3) is 0.364. The van der Waals surface area contributed by atoms with Gasteiger partial charge in [-0.15, -0.1) is 0 Å². The van der Waals surface area contributed by atoms with Gasteiger partial charge >= 0.3 is 6.18 Å². The summed E-state index contributed by atoms with van der Waals surface area (Å²) < 4.78 is 53.0. The Hall–Kier alpha value is -2.61. The minimum Gasteiger partial charge on any atom is -0.341 e. The van der Waals surface area contributed by atoms with Gasteiger partial charge in [0.25, 0.3) is 5.91 Å². The molecule has 3 rings (SSSR count). The Labute approximate surface area is 182 Å². The fourth-order valence-electron chi connectivity index (χ4n) is 3.81. The SMILES string of the molecule is CC[C@@H](CC(=O)Nc1cccc2c1[C@@H](c1cc(F)ccc1Cl)NC2=O)[C@H](C)C(F)(F)F. The lowest BCUT2D eigenvalue weighted by Crippen LogP contribution is -2.30. The number of alkyl halides is 3. The molecule has 0 spiro atoms. The zero-order valence-electron chi connectivity index (χ0n) is 16.8. The molecule has 0 aliphatic carbocycles. The summed E-state index contributed by atoms with van der Waals surface area (Å²) >= 11 is 6.20. The van der Waals surface area contributed by atoms with E-state index >= 15 is 0 Å². The second-order valence-corrected chi connectivity index (χ2v) is 8.00. The van der Waals surface area contributed by atoms with E-state index in [0.29, 0.717) is 11.1 Å². The summed E-state index contributed by atoms with van der Waals surface area (Å²) in [5.41, 5.74) is 1.25. The van der Waals surface area contributed by atoms with Crippen molar-refractivity contribution in [2.75, 3.05) is 5.32 Å². The number of carbonyl (C=O) groups is 2. The Bertz CT molecular complexity index is 1010. The Morgan fingerprint density at radius 2 is 1.97 bits per heavy atom. The molecule has 2 aromatic carbocycles. The van der Waals surface area contributed by atoms with Crippen LogP contribution in [0, 0.1) is 17.7 Å². The minimum absolute atomic E-state index is 0.183. The van der Waals surface area contributed by atoms with Crippen LogP contribution in [0.3, 0.4) is 0 Å². The predicted octanol–water partition coefficient (Wildman–Crippen LogP) is 5.87. The maximum absolute atomic E-state index is 13.8. The zero-order chi connectivity index (χ0) is 22.9. The van der Waals surface area contributed by atoms with Crippen molar-refractivity contribution in [3.05, 3.63) is 63.9 Å². The molecule has 1 aliphatic heterocycles. The van der Waals surface area contributed by atoms with Crippen LogP contribution in [0.2, 0.25) is 5.02 Å². The molecule has 4 nitrogen and oxygen atoms in total. The van der Waals surface area contributed by atoms with E-state index in [2.05, 4.69) is 10.6 Å². The lowest BCUT2D eigenvalue weighted by molar-refractivity contribution is -0.184. The van der Waals surface area contributed by atoms with Gasteiger partial charge in [0.2, 0.25) is 5.91 Å². The van der Waals surface area contributed by atoms with Gasteiger partial charge in [-0.25, -0.2) is 4.39 Å². The molecule has 166 valence electrons. The highest BCUT2D eigenvalue weighted by molar-refractivity contribution is 6.31. The van der Waals surface area contributed by atoms with Crippen LogP contribution in [-0.4, -0.2) is 18.0 Å². The second-order valence-electron chi connectivity index (χ2n) is 7.59. The number of hydrogen-bond acceptors (Lipinski definition) is 2. The maximum Gasteiger partial charge on any atom is 0.391 e. The van der Waals surface area contributed by atoms with Crippen molar-refractivity contribution >= 4 is 29.1 Å². The van der Waals surface area contributed by atoms with Crippen LogP contribution in [-0.2, 0) is 4.79 Å². The summed E-state index contributed by atoms with van der Waals surface area (Å²) in [4.78, 5) is 25.0. The van der Waals surface area contributed by atoms with Gasteiger partial charge in [-0.1, -0.05) is 37.9 Å². The normalized spacial score (nSPS) is 17.6. The number of anilines is 1. The first kappa shape index (κ1) is 23.1. The van der Waals surface area contributed by atoms with Gasteiger partial charge in [0.1, 0.15) is 5.82 Å². The highest BCUT2D eigenvalue weighted by Crippen LogP contribution is 2.40. The predicted molar refractivity (Wildman–Crippen MR) is 109 cm³/mol. The molecule has 3 atom stereocenters. The molecular formula is C22H21ClF4N2O2. The summed E-state index contributed by atoms with van der Waals surface area (Å²) in [5, 5.41) is 5.58. The molecule has 2 N–H and O–H groups in total. The van der Waals surface area contributed by atoms with Crippen molar-refractivity contribution in [2.45, 2.75) is 38.9 Å². The van der Waals surface area contributed by atoms with Gasteiger partial charge in [0, 0.05) is 33.8 Å². The molecule has 0 saturated heterocycles. The van der Waals surface area contributed by atoms with Crippen LogP contribution in [0.25, 0.3) is 0 Å². The van der Waals surface area contributed by atoms with E-state index < -0.39 is 41.7 Å². The van der Waals surface area contributed by atoms with Gasteiger partial charge in [0.05, 0.1) is 12.0 Å². The number of carbonyl (C=O) groups excluding carboxylic acids is 2. The minimum atomic E-state index is -4.40. The highest BCUT2D eigenvalue weighted by atomic mass is 35.5. The third-order valence-corrected chi connectivity index (χ3v) is 6.00. The number of nitrogens with one attached hydrogen (secondary N) is 2. The number of rotatable bonds is 6. The molecule has 2 amide bonds. The summed E-state index contributed by atoms with van der Waals surface area (Å²) in [6, 6.07) is 7.59. The molecule has 0 radical (unpaired) electrons. The summed E-state index contributed by atoms with van der Waals surface area (Å²) in [7, 11) is 0. The lowest BCUT2D eigenvalue weighted by atomic mass is 9.87. The summed E-state index contributed by atoms with van der Waals surface area (Å²) in [6.07, 6.45) is -4.54. The molecule has 31 heavy (non-hydrogen) atoms. The first-order valence-electron chi connectivity index (χ1n) is 9.78. The van der Waals surface area contributed by atoms with Crippen LogP contribution < -0.4 is 10.6 Å². The van der Waals surface area contributed by atoms with Crippen molar-refractivity contribution in [1.29, 1.82) is 0 Å². The molecule has 0 unspecified atom stereocenters. The Morgan fingerprint density at radius 3 is 2.61 bits per heavy atom. The molecule has 0 fully saturated rings. The quantitative estimate of drug-likeness (QED) is 0.534. The van der Waals surface area contributed by atoms with E-state index in [1.807, 2.05) is 0 Å². The molecule has 9 heteroatoms. The van der Waals surface area contributed by atoms with E-state index in [4.69, 9.17) is 11.6 Å². The molecule has 1 aliphatic rings. The summed E-state index contributed by atoms with van der Waals surface area (Å²) in [6.45, 7) is 2.66. The molecular weight excluding hydrogens is 436 g/mol. The van der Waals surface area contributed by atoms with E-state index in [1.165, 1.54) is 18.2 Å². The van der Waals surface area contributed by atoms with Crippen molar-refractivity contribution in [3.8, 4) is 0 Å². The van der Waals surface area contributed by atoms with E-state index in [0.717, 1.165) is 6.92 Å². The van der Waals surface area contributed by atoms with Crippen molar-refractivity contribution in [1.82, 2.24) is 5.32 Å². The number of benzene rings is 2. The van der Waals surface area contributed by atoms with Crippen molar-refractivity contribution < 1.29 is 27.2 Å². The molecule has 0 aromatic heterocycles. The number of hydrogen-bond donors (Lipinski definition) is 2. The first-order valence-corrected chi connectivity index (χ1v) is 10.2. The standard InChI is InChI=1S/C22H21ClF4N2O2/c1-3-12(11(2)22(25,26)27)9-18(30)28-17-6-4-5-14-19(17)20(29-21(14)31)15-10-13(24)7-8-16(15)23/h4-8,10-12,20H,3,9H2,1-2H3,(H,28,30)(H,29,31)/t11-,12-,20+/m0/s1. The monoisotopic (exact) mass is 456 g/mol. The Kier molecular flexibility index (Phi) is 6.59. The van der Waals surface area contributed by atoms with Gasteiger partial charge in [-0.2, -0.15) is 13.2 Å². The fourth-order valence-corrected chi connectivity index (χ4v) is 4.04. The Balaban J connectivity index is 1.90. The molecule has 0 bridgehead atoms. The van der Waals surface area contributed by atoms with Gasteiger partial charge in [0.15, 0.2) is 0 Å². The number of halogens is 5. The van der Waals surface area contributed by atoms with Gasteiger partial charge < -0.3 is 10.6 Å². The number of fused-ring (bicyclic) bond motifs is 1. The second kappa shape index (κ2) is 8.86. The van der Waals surface area contributed by atoms with E-state index in [9.17, 15) is 27.2 Å². The van der Waals surface area contributed by atoms with Crippen LogP contribution in [0.1, 0.15) is 54.2 Å². The van der Waals surface area contributed by atoms with Crippen molar-refractivity contribution in [3.63, 3.8) is 0 Å². The lowest BCUT2D eigenvalue weighted by Gasteiger charge is -2.25. The van der Waals surface area contributed by atoms with E-state index in [-0.39, 0.29) is 29.1 Å². The zero-order valence-corrected chi connectivity index (χ0v) is 17.6. The topological polar surface area (TPSA) is 58.2 Å². The van der Waals surface area contributed by atoms with Crippen LogP contribution in [0.5, 0.6) is 0 Å². The summed E-state index contributed by atoms with van der Waals surface area (Å²) in [5.74, 6) is -4.08. The maximum atomic E-state index is 13.8. The largest absolute Gasteiger partial charge is 0.391 e. The average Bonchev–Trinajstić information content (AvgIpc) is 3.04. The number of amides is 2. The molecule has 2 aromatic rings. The Morgan fingerprint density at radius 1 is 1.26 bits per heavy atom. The van der Waals surface area contributed by atoms with E-state index in [1.54, 1.807) is 25.1 Å². The van der Waals surface area contributed by atoms with Crippen LogP contribution in [0.15, 0.2) is 36.4 Å². The van der Waals surface area contributed by atoms with Crippen LogP contribution in [0.4, 0.5) is 23.2 Å². The van der Waals surface area contributed by atoms with Crippen molar-refractivity contribution in [2.24, 2.45) is 11.8 Å². The first-order chi connectivity index (χ1) is 14.5. The average molecular weight is 457 g/mol. The highest BCUT2D eigenvalue weighted by Gasteiger charge is 2.41. The van der Waals surface area contributed by atoms with Gasteiger partial charge in [-0.05, 0) is 36.2 Å². The third-order valence-electron chi connectivity index (χ3n) is 5.65. The third kappa shape index (κ3) is 4.84.